The lowest BCUT2D eigenvalue weighted by Crippen LogP contribution is -2.52. The molecule has 90 heavy (non-hydrogen) atoms. The van der Waals surface area contributed by atoms with Crippen molar-refractivity contribution in [3.63, 3.8) is 0 Å². The highest BCUT2D eigenvalue weighted by Gasteiger charge is 2.43. The van der Waals surface area contributed by atoms with E-state index in [4.69, 9.17) is 17.2 Å². The Labute approximate surface area is 532 Å². The van der Waals surface area contributed by atoms with E-state index >= 15 is 0 Å². The molecule has 0 saturated carbocycles. The number of carbonyl (C=O) groups excluding carboxylic acids is 6. The van der Waals surface area contributed by atoms with Crippen LogP contribution in [0.25, 0.3) is 32.7 Å². The average Bonchev–Trinajstić information content (AvgIpc) is 1.45. The number of nitrogens with two attached hydrogens (primary N) is 3. The summed E-state index contributed by atoms with van der Waals surface area (Å²) in [7, 11) is 0. The standard InChI is InChI=1S/3C24H34N4O2/c3*1-2-9-28-15-16(13-27-23(30)8-3-5-18(29)12-25)10-20-19-6-4-7-21-24(19)17(14-26-21)11-22(20)28/h3*4,6-7,14,16,20,22,26H,2-3,5,8-13,15,25H2,1H3,(H,27,30)/t3*16-,20+,22+/m000/s1. The van der Waals surface area contributed by atoms with Crippen molar-refractivity contribution in [1.82, 2.24) is 45.6 Å². The number of aromatic amines is 3. The largest absolute Gasteiger partial charge is 0.361 e. The highest BCUT2D eigenvalue weighted by atomic mass is 16.2. The second-order valence-electron chi connectivity index (χ2n) is 26.9. The van der Waals surface area contributed by atoms with E-state index in [1.54, 1.807) is 0 Å². The number of carbonyl (C=O) groups is 6. The van der Waals surface area contributed by atoms with Crippen LogP contribution < -0.4 is 33.2 Å². The number of nitrogens with one attached hydrogen (secondary N) is 6. The van der Waals surface area contributed by atoms with E-state index in [1.807, 2.05) is 0 Å². The van der Waals surface area contributed by atoms with E-state index in [-0.39, 0.29) is 54.7 Å². The Morgan fingerprint density at radius 1 is 0.433 bits per heavy atom. The van der Waals surface area contributed by atoms with E-state index in [0.717, 1.165) is 97.1 Å². The number of piperidine rings is 3. The zero-order valence-corrected chi connectivity index (χ0v) is 53.9. The maximum absolute atomic E-state index is 12.3. The molecule has 3 aliphatic heterocycles. The number of hydrogen-bond acceptors (Lipinski definition) is 12. The van der Waals surface area contributed by atoms with Gasteiger partial charge in [-0.15, -0.1) is 0 Å². The molecule has 6 aromatic rings. The van der Waals surface area contributed by atoms with Gasteiger partial charge in [0, 0.05) is 165 Å². The first-order valence-corrected chi connectivity index (χ1v) is 34.2. The van der Waals surface area contributed by atoms with Gasteiger partial charge < -0.3 is 48.1 Å². The lowest BCUT2D eigenvalue weighted by atomic mass is 9.72. The van der Waals surface area contributed by atoms with Gasteiger partial charge >= 0.3 is 0 Å². The van der Waals surface area contributed by atoms with E-state index < -0.39 is 0 Å². The molecule has 3 amide bonds. The predicted molar refractivity (Wildman–Crippen MR) is 358 cm³/mol. The molecular weight excluding hydrogens is 1130 g/mol. The number of Topliss-reactive ketones (excluding diaryl/α,β-unsaturated/α-hetero) is 3. The van der Waals surface area contributed by atoms with Crippen LogP contribution in [0.4, 0.5) is 0 Å². The van der Waals surface area contributed by atoms with Gasteiger partial charge in [-0.3, -0.25) is 43.5 Å². The van der Waals surface area contributed by atoms with Crippen LogP contribution in [0.1, 0.15) is 168 Å². The van der Waals surface area contributed by atoms with Crippen LogP contribution in [0.3, 0.4) is 0 Å². The third-order valence-corrected chi connectivity index (χ3v) is 20.5. The summed E-state index contributed by atoms with van der Waals surface area (Å²) in [5.41, 5.74) is 28.5. The molecule has 18 heteroatoms. The quantitative estimate of drug-likeness (QED) is 0.0236. The molecule has 486 valence electrons. The Balaban J connectivity index is 0.000000148. The molecular formula is C72H102N12O6. The van der Waals surface area contributed by atoms with E-state index in [0.29, 0.717) is 131 Å². The third kappa shape index (κ3) is 15.8. The molecule has 3 aromatic carbocycles. The molecule has 12 N–H and O–H groups in total. The maximum Gasteiger partial charge on any atom is 0.220 e. The van der Waals surface area contributed by atoms with Gasteiger partial charge in [0.25, 0.3) is 0 Å². The molecule has 9 atom stereocenters. The Morgan fingerprint density at radius 3 is 0.989 bits per heavy atom. The number of amides is 3. The first kappa shape index (κ1) is 66.4. The minimum absolute atomic E-state index is 0.0203. The summed E-state index contributed by atoms with van der Waals surface area (Å²) in [6, 6.07) is 21.6. The van der Waals surface area contributed by atoms with Gasteiger partial charge in [0.05, 0.1) is 19.6 Å². The molecule has 12 rings (SSSR count). The Morgan fingerprint density at radius 2 is 0.722 bits per heavy atom. The van der Waals surface area contributed by atoms with Crippen LogP contribution in [0.15, 0.2) is 73.2 Å². The van der Waals surface area contributed by atoms with Crippen LogP contribution in [0, 0.1) is 17.8 Å². The van der Waals surface area contributed by atoms with Gasteiger partial charge in [-0.05, 0) is 166 Å². The molecule has 18 nitrogen and oxygen atoms in total. The Bertz CT molecular complexity index is 3070. The van der Waals surface area contributed by atoms with Gasteiger partial charge in [0.2, 0.25) is 17.7 Å². The number of aromatic nitrogens is 3. The van der Waals surface area contributed by atoms with Crippen molar-refractivity contribution in [2.75, 3.05) is 78.5 Å². The van der Waals surface area contributed by atoms with Crippen LogP contribution >= 0.6 is 0 Å². The number of ketones is 3. The Hall–Kier alpha value is -6.54. The average molecular weight is 1230 g/mol. The molecule has 6 heterocycles. The minimum Gasteiger partial charge on any atom is -0.361 e. The summed E-state index contributed by atoms with van der Waals surface area (Å²) >= 11 is 0. The molecule has 0 bridgehead atoms. The predicted octanol–water partition coefficient (Wildman–Crippen LogP) is 8.17. The minimum atomic E-state index is 0.0203. The molecule has 0 unspecified atom stereocenters. The van der Waals surface area contributed by atoms with Gasteiger partial charge in [0.1, 0.15) is 17.3 Å². The van der Waals surface area contributed by atoms with Gasteiger partial charge in [-0.2, -0.15) is 0 Å². The highest BCUT2D eigenvalue weighted by molar-refractivity contribution is 5.91. The van der Waals surface area contributed by atoms with Crippen LogP contribution in [-0.2, 0) is 48.0 Å². The zero-order chi connectivity index (χ0) is 63.3. The van der Waals surface area contributed by atoms with Crippen molar-refractivity contribution in [2.45, 2.75) is 172 Å². The molecule has 3 aromatic heterocycles. The second kappa shape index (κ2) is 31.7. The first-order chi connectivity index (χ1) is 43.8. The van der Waals surface area contributed by atoms with E-state index in [2.05, 4.69) is 140 Å². The second-order valence-corrected chi connectivity index (χ2v) is 26.9. The van der Waals surface area contributed by atoms with Gasteiger partial charge in [-0.25, -0.2) is 0 Å². The number of likely N-dealkylation sites (tertiary alicyclic amines) is 3. The summed E-state index contributed by atoms with van der Waals surface area (Å²) < 4.78 is 0. The lowest BCUT2D eigenvalue weighted by molar-refractivity contribution is -0.123. The normalized spacial score (nSPS) is 23.3. The van der Waals surface area contributed by atoms with Crippen LogP contribution in [0.5, 0.6) is 0 Å². The summed E-state index contributed by atoms with van der Waals surface area (Å²) in [4.78, 5) is 89.0. The number of nitrogens with zero attached hydrogens (tertiary/aromatic N) is 3. The SMILES string of the molecule is CCCN1C[C@H](CNC(=O)CCCC(=O)CN)C[C@@H]2c3cccc4[nH]cc(c34)C[C@H]21.CCCN1C[C@H](CNC(=O)CCCC(=O)CN)C[C@@H]2c3cccc4[nH]cc(c34)C[C@H]21.CCCN1C[C@H](CNC(=O)CCCC(=O)CN)C[C@@H]2c3cccc4[nH]cc(c34)C[C@H]21. The smallest absolute Gasteiger partial charge is 0.220 e. The van der Waals surface area contributed by atoms with Crippen molar-refractivity contribution in [3.8, 4) is 0 Å². The topological polar surface area (TPSA) is 274 Å². The summed E-state index contributed by atoms with van der Waals surface area (Å²) in [5, 5.41) is 13.6. The maximum atomic E-state index is 12.3. The fraction of sp³-hybridized carbons (Fsp3) is 0.583. The summed E-state index contributed by atoms with van der Waals surface area (Å²) in [6.45, 7) is 15.5. The van der Waals surface area contributed by atoms with Crippen molar-refractivity contribution >= 4 is 67.8 Å². The lowest BCUT2D eigenvalue weighted by Gasteiger charge is -2.47. The number of fused-ring (bicyclic) bond motifs is 6. The zero-order valence-electron chi connectivity index (χ0n) is 53.9. The molecule has 3 aliphatic carbocycles. The number of benzene rings is 3. The highest BCUT2D eigenvalue weighted by Crippen LogP contribution is 2.48. The van der Waals surface area contributed by atoms with Crippen molar-refractivity contribution in [3.05, 3.63) is 107 Å². The molecule has 0 radical (unpaired) electrons. The molecule has 0 spiro atoms. The monoisotopic (exact) mass is 1230 g/mol. The first-order valence-electron chi connectivity index (χ1n) is 34.2. The number of rotatable bonds is 27. The Kier molecular flexibility index (Phi) is 23.4. The molecule has 6 aliphatic rings. The fourth-order valence-electron chi connectivity index (χ4n) is 16.5. The summed E-state index contributed by atoms with van der Waals surface area (Å²) in [5.74, 6) is 3.08. The number of hydrogen-bond donors (Lipinski definition) is 9. The van der Waals surface area contributed by atoms with Crippen molar-refractivity contribution in [2.24, 2.45) is 35.0 Å². The van der Waals surface area contributed by atoms with Crippen molar-refractivity contribution < 1.29 is 28.8 Å². The van der Waals surface area contributed by atoms with E-state index in [9.17, 15) is 28.8 Å². The van der Waals surface area contributed by atoms with E-state index in [1.165, 1.54) is 66.1 Å². The fourth-order valence-corrected chi connectivity index (χ4v) is 16.5. The van der Waals surface area contributed by atoms with Gasteiger partial charge in [0.15, 0.2) is 0 Å². The van der Waals surface area contributed by atoms with Gasteiger partial charge in [-0.1, -0.05) is 57.2 Å². The molecule has 3 saturated heterocycles. The van der Waals surface area contributed by atoms with Crippen molar-refractivity contribution in [1.29, 1.82) is 0 Å². The van der Waals surface area contributed by atoms with Crippen LogP contribution in [0.2, 0.25) is 0 Å². The summed E-state index contributed by atoms with van der Waals surface area (Å²) in [6.07, 6.45) is 20.8. The third-order valence-electron chi connectivity index (χ3n) is 20.5. The molecule has 3 fully saturated rings. The van der Waals surface area contributed by atoms with Crippen LogP contribution in [-0.4, -0.2) is 161 Å². The number of H-pyrrole nitrogens is 3.